The van der Waals surface area contributed by atoms with Crippen molar-refractivity contribution in [3.8, 4) is 0 Å². The summed E-state index contributed by atoms with van der Waals surface area (Å²) in [5.74, 6) is -1.45. The third-order valence-electron chi connectivity index (χ3n) is 3.64. The summed E-state index contributed by atoms with van der Waals surface area (Å²) >= 11 is 0. The van der Waals surface area contributed by atoms with Crippen LogP contribution in [0.25, 0.3) is 11.0 Å². The summed E-state index contributed by atoms with van der Waals surface area (Å²) in [4.78, 5) is 27.5. The van der Waals surface area contributed by atoms with E-state index >= 15 is 0 Å². The van der Waals surface area contributed by atoms with Crippen LogP contribution in [0.5, 0.6) is 0 Å². The number of imidazole rings is 1. The molecule has 0 aliphatic rings. The number of amides is 1. The smallest absolute Gasteiger partial charge is 0.326 e. The molecule has 1 amide bonds. The Hall–Kier alpha value is -2.37. The van der Waals surface area contributed by atoms with Crippen molar-refractivity contribution in [2.45, 2.75) is 32.9 Å². The summed E-state index contributed by atoms with van der Waals surface area (Å²) < 4.78 is 1.71. The number of nitrogens with zero attached hydrogens (tertiary/aromatic N) is 2. The molecule has 0 saturated carbocycles. The number of para-hydroxylation sites is 2. The highest BCUT2D eigenvalue weighted by atomic mass is 16.4. The molecule has 1 aromatic carbocycles. The number of carbonyl (C=O) groups excluding carboxylic acids is 1. The molecule has 6 nitrogen and oxygen atoms in total. The Labute approximate surface area is 122 Å². The Balaban J connectivity index is 2.09. The molecule has 0 aliphatic carbocycles. The van der Waals surface area contributed by atoms with Gasteiger partial charge in [-0.25, -0.2) is 9.78 Å². The van der Waals surface area contributed by atoms with Crippen molar-refractivity contribution < 1.29 is 14.7 Å². The van der Waals surface area contributed by atoms with E-state index in [-0.39, 0.29) is 18.4 Å². The molecular weight excluding hydrogens is 270 g/mol. The molecular formula is C15H19N3O3. The maximum absolute atomic E-state index is 12.1. The van der Waals surface area contributed by atoms with E-state index in [1.165, 1.54) is 0 Å². The number of hydrogen-bond acceptors (Lipinski definition) is 3. The zero-order chi connectivity index (χ0) is 15.4. The molecule has 6 heteroatoms. The number of hydrogen-bond donors (Lipinski definition) is 2. The molecule has 2 atom stereocenters. The van der Waals surface area contributed by atoms with Gasteiger partial charge in [-0.1, -0.05) is 32.4 Å². The fourth-order valence-electron chi connectivity index (χ4n) is 2.19. The summed E-state index contributed by atoms with van der Waals surface area (Å²) in [7, 11) is 0. The van der Waals surface area contributed by atoms with Gasteiger partial charge in [0.2, 0.25) is 5.91 Å². The lowest BCUT2D eigenvalue weighted by Crippen LogP contribution is -2.46. The molecule has 0 bridgehead atoms. The van der Waals surface area contributed by atoms with Crippen LogP contribution in [0.2, 0.25) is 0 Å². The molecule has 2 aromatic rings. The number of aromatic nitrogens is 2. The Morgan fingerprint density at radius 1 is 1.38 bits per heavy atom. The van der Waals surface area contributed by atoms with Crippen molar-refractivity contribution >= 4 is 22.9 Å². The summed E-state index contributed by atoms with van der Waals surface area (Å²) in [5.41, 5.74) is 1.66. The van der Waals surface area contributed by atoms with E-state index in [0.29, 0.717) is 6.42 Å². The number of aliphatic carboxylic acids is 1. The molecule has 2 rings (SSSR count). The van der Waals surface area contributed by atoms with Gasteiger partial charge in [-0.15, -0.1) is 0 Å². The number of carbonyl (C=O) groups is 2. The normalized spacial score (nSPS) is 13.8. The summed E-state index contributed by atoms with van der Waals surface area (Å²) in [6.07, 6.45) is 2.27. The van der Waals surface area contributed by atoms with Gasteiger partial charge in [0.05, 0.1) is 17.4 Å². The number of fused-ring (bicyclic) bond motifs is 1. The highest BCUT2D eigenvalue weighted by Crippen LogP contribution is 2.12. The molecule has 0 spiro atoms. The minimum absolute atomic E-state index is 0.0563. The van der Waals surface area contributed by atoms with E-state index in [9.17, 15) is 14.7 Å². The minimum Gasteiger partial charge on any atom is -0.480 e. The number of nitrogens with one attached hydrogen (secondary N) is 1. The van der Waals surface area contributed by atoms with Crippen LogP contribution < -0.4 is 5.32 Å². The standard InChI is InChI=1S/C15H19N3O3/c1-3-10(2)14(15(20)21)17-13(19)8-18-9-16-11-6-4-5-7-12(11)18/h4-7,9-10,14H,3,8H2,1-2H3,(H,17,19)(H,20,21). The number of benzene rings is 1. The second-order valence-electron chi connectivity index (χ2n) is 5.13. The van der Waals surface area contributed by atoms with Gasteiger partial charge in [0.1, 0.15) is 12.6 Å². The van der Waals surface area contributed by atoms with Gasteiger partial charge in [-0.05, 0) is 18.1 Å². The van der Waals surface area contributed by atoms with Gasteiger partial charge < -0.3 is 15.0 Å². The molecule has 0 saturated heterocycles. The Morgan fingerprint density at radius 3 is 2.76 bits per heavy atom. The third-order valence-corrected chi connectivity index (χ3v) is 3.64. The summed E-state index contributed by atoms with van der Waals surface area (Å²) in [6.45, 7) is 3.77. The van der Waals surface area contributed by atoms with Gasteiger partial charge in [-0.2, -0.15) is 0 Å². The summed E-state index contributed by atoms with van der Waals surface area (Å²) in [5, 5.41) is 11.8. The van der Waals surface area contributed by atoms with Crippen molar-refractivity contribution in [3.63, 3.8) is 0 Å². The van der Waals surface area contributed by atoms with Gasteiger partial charge in [0.15, 0.2) is 0 Å². The quantitative estimate of drug-likeness (QED) is 0.847. The molecule has 1 aromatic heterocycles. The molecule has 2 unspecified atom stereocenters. The van der Waals surface area contributed by atoms with Crippen LogP contribution >= 0.6 is 0 Å². The SMILES string of the molecule is CCC(C)C(NC(=O)Cn1cnc2ccccc21)C(=O)O. The second kappa shape index (κ2) is 6.39. The first-order valence-electron chi connectivity index (χ1n) is 6.95. The highest BCUT2D eigenvalue weighted by Gasteiger charge is 2.25. The highest BCUT2D eigenvalue weighted by molar-refractivity contribution is 5.85. The van der Waals surface area contributed by atoms with E-state index in [4.69, 9.17) is 0 Å². The zero-order valence-corrected chi connectivity index (χ0v) is 12.1. The second-order valence-corrected chi connectivity index (χ2v) is 5.13. The van der Waals surface area contributed by atoms with E-state index in [0.717, 1.165) is 11.0 Å². The monoisotopic (exact) mass is 289 g/mol. The topological polar surface area (TPSA) is 84.2 Å². The van der Waals surface area contributed by atoms with Crippen molar-refractivity contribution in [3.05, 3.63) is 30.6 Å². The predicted octanol–water partition coefficient (Wildman–Crippen LogP) is 1.65. The van der Waals surface area contributed by atoms with Crippen molar-refractivity contribution in [1.82, 2.24) is 14.9 Å². The molecule has 1 heterocycles. The van der Waals surface area contributed by atoms with Crippen LogP contribution in [0.1, 0.15) is 20.3 Å². The van der Waals surface area contributed by atoms with E-state index in [1.54, 1.807) is 10.9 Å². The van der Waals surface area contributed by atoms with Crippen molar-refractivity contribution in [1.29, 1.82) is 0 Å². The molecule has 112 valence electrons. The van der Waals surface area contributed by atoms with Gasteiger partial charge in [-0.3, -0.25) is 4.79 Å². The lowest BCUT2D eigenvalue weighted by atomic mass is 9.99. The molecule has 2 N–H and O–H groups in total. The molecule has 0 aliphatic heterocycles. The fraction of sp³-hybridized carbons (Fsp3) is 0.400. The first-order chi connectivity index (χ1) is 10.0. The maximum atomic E-state index is 12.1. The summed E-state index contributed by atoms with van der Waals surface area (Å²) in [6, 6.07) is 6.63. The molecule has 21 heavy (non-hydrogen) atoms. The Morgan fingerprint density at radius 2 is 2.10 bits per heavy atom. The number of carboxylic acid groups (broad SMARTS) is 1. The number of carboxylic acids is 1. The van der Waals surface area contributed by atoms with Crippen LogP contribution in [0, 0.1) is 5.92 Å². The van der Waals surface area contributed by atoms with Crippen molar-refractivity contribution in [2.75, 3.05) is 0 Å². The van der Waals surface area contributed by atoms with E-state index in [2.05, 4.69) is 10.3 Å². The lowest BCUT2D eigenvalue weighted by Gasteiger charge is -2.20. The Kier molecular flexibility index (Phi) is 4.57. The van der Waals surface area contributed by atoms with Crippen LogP contribution in [0.4, 0.5) is 0 Å². The van der Waals surface area contributed by atoms with Crippen LogP contribution in [-0.4, -0.2) is 32.6 Å². The first kappa shape index (κ1) is 15.0. The zero-order valence-electron chi connectivity index (χ0n) is 12.1. The average Bonchev–Trinajstić information content (AvgIpc) is 2.87. The fourth-order valence-corrected chi connectivity index (χ4v) is 2.19. The maximum Gasteiger partial charge on any atom is 0.326 e. The van der Waals surface area contributed by atoms with Crippen LogP contribution in [0.15, 0.2) is 30.6 Å². The van der Waals surface area contributed by atoms with Gasteiger partial charge in [0, 0.05) is 0 Å². The van der Waals surface area contributed by atoms with Crippen LogP contribution in [0.3, 0.4) is 0 Å². The molecule has 0 fully saturated rings. The largest absolute Gasteiger partial charge is 0.480 e. The number of rotatable bonds is 6. The first-order valence-corrected chi connectivity index (χ1v) is 6.95. The third kappa shape index (κ3) is 3.39. The van der Waals surface area contributed by atoms with Gasteiger partial charge in [0.25, 0.3) is 0 Å². The van der Waals surface area contributed by atoms with Gasteiger partial charge >= 0.3 is 5.97 Å². The van der Waals surface area contributed by atoms with Crippen molar-refractivity contribution in [2.24, 2.45) is 5.92 Å². The van der Waals surface area contributed by atoms with E-state index in [1.807, 2.05) is 38.1 Å². The predicted molar refractivity (Wildman–Crippen MR) is 78.8 cm³/mol. The lowest BCUT2D eigenvalue weighted by molar-refractivity contribution is -0.143. The van der Waals surface area contributed by atoms with E-state index < -0.39 is 12.0 Å². The minimum atomic E-state index is -1.01. The average molecular weight is 289 g/mol. The molecule has 0 radical (unpaired) electrons. The van der Waals surface area contributed by atoms with Crippen LogP contribution in [-0.2, 0) is 16.1 Å². The Bertz CT molecular complexity index is 650.